The molecule has 1 aliphatic heterocycles. The summed E-state index contributed by atoms with van der Waals surface area (Å²) in [5.74, 6) is -0.620. The van der Waals surface area contributed by atoms with Crippen LogP contribution in [0.1, 0.15) is 15.9 Å². The summed E-state index contributed by atoms with van der Waals surface area (Å²) in [7, 11) is 0. The zero-order valence-electron chi connectivity index (χ0n) is 14.4. The van der Waals surface area contributed by atoms with Crippen molar-refractivity contribution in [3.8, 4) is 0 Å². The first-order valence-corrected chi connectivity index (χ1v) is 9.16. The normalized spacial score (nSPS) is 14.6. The predicted molar refractivity (Wildman–Crippen MR) is 104 cm³/mol. The van der Waals surface area contributed by atoms with Crippen molar-refractivity contribution in [1.82, 2.24) is 9.80 Å². The topological polar surface area (TPSA) is 40.6 Å². The lowest BCUT2D eigenvalue weighted by Crippen LogP contribution is -2.50. The van der Waals surface area contributed by atoms with Crippen LogP contribution in [0.25, 0.3) is 6.08 Å². The zero-order valence-corrected chi connectivity index (χ0v) is 15.9. The molecule has 0 atom stereocenters. The Morgan fingerprint density at radius 1 is 0.889 bits per heavy atom. The van der Waals surface area contributed by atoms with Crippen LogP contribution >= 0.6 is 23.2 Å². The van der Waals surface area contributed by atoms with Gasteiger partial charge in [0.15, 0.2) is 0 Å². The van der Waals surface area contributed by atoms with Gasteiger partial charge >= 0.3 is 0 Å². The Labute approximate surface area is 166 Å². The summed E-state index contributed by atoms with van der Waals surface area (Å²) >= 11 is 11.9. The minimum Gasteiger partial charge on any atom is -0.336 e. The molecule has 0 bridgehead atoms. The molecule has 140 valence electrons. The van der Waals surface area contributed by atoms with Crippen LogP contribution in [0.15, 0.2) is 48.5 Å². The van der Waals surface area contributed by atoms with Crippen molar-refractivity contribution < 1.29 is 14.0 Å². The van der Waals surface area contributed by atoms with Crippen LogP contribution in [0, 0.1) is 5.82 Å². The third-order valence-electron chi connectivity index (χ3n) is 4.28. The number of hydrogen-bond acceptors (Lipinski definition) is 2. The molecule has 3 rings (SSSR count). The van der Waals surface area contributed by atoms with Gasteiger partial charge in [-0.05, 0) is 42.0 Å². The molecule has 1 fully saturated rings. The monoisotopic (exact) mass is 406 g/mol. The second-order valence-corrected chi connectivity index (χ2v) is 7.03. The molecule has 2 aromatic carbocycles. The Bertz CT molecular complexity index is 856. The number of halogens is 3. The Morgan fingerprint density at radius 2 is 1.44 bits per heavy atom. The fourth-order valence-electron chi connectivity index (χ4n) is 2.84. The van der Waals surface area contributed by atoms with Gasteiger partial charge in [-0.2, -0.15) is 0 Å². The summed E-state index contributed by atoms with van der Waals surface area (Å²) in [6.07, 6.45) is 3.11. The molecule has 7 heteroatoms. The molecule has 0 N–H and O–H groups in total. The van der Waals surface area contributed by atoms with Crippen LogP contribution in [0.3, 0.4) is 0 Å². The summed E-state index contributed by atoms with van der Waals surface area (Å²) in [6.45, 7) is 1.73. The Morgan fingerprint density at radius 3 is 2.04 bits per heavy atom. The number of carbonyl (C=O) groups is 2. The van der Waals surface area contributed by atoms with E-state index in [0.717, 1.165) is 5.56 Å². The van der Waals surface area contributed by atoms with E-state index in [1.807, 2.05) is 0 Å². The molecule has 1 aliphatic rings. The standard InChI is InChI=1S/C20H17Cl2FN2O2/c21-16-11-15(12-17(22)13-16)20(27)25-9-7-24(8-10-25)19(26)6-3-14-1-4-18(23)5-2-14/h1-6,11-13H,7-10H2/b6-3+. The van der Waals surface area contributed by atoms with Gasteiger partial charge in [0.05, 0.1) is 0 Å². The van der Waals surface area contributed by atoms with Gasteiger partial charge < -0.3 is 9.80 Å². The summed E-state index contributed by atoms with van der Waals surface area (Å²) in [4.78, 5) is 28.2. The molecule has 1 saturated heterocycles. The lowest BCUT2D eigenvalue weighted by Gasteiger charge is -2.34. The quantitative estimate of drug-likeness (QED) is 0.718. The highest BCUT2D eigenvalue weighted by molar-refractivity contribution is 6.35. The number of hydrogen-bond donors (Lipinski definition) is 0. The van der Waals surface area contributed by atoms with E-state index in [1.165, 1.54) is 18.2 Å². The minimum absolute atomic E-state index is 0.141. The molecule has 0 spiro atoms. The predicted octanol–water partition coefficient (Wildman–Crippen LogP) is 4.13. The number of carbonyl (C=O) groups excluding carboxylic acids is 2. The van der Waals surface area contributed by atoms with E-state index < -0.39 is 0 Å². The minimum atomic E-state index is -0.319. The average Bonchev–Trinajstić information content (AvgIpc) is 2.66. The number of piperazine rings is 1. The van der Waals surface area contributed by atoms with Gasteiger partial charge in [-0.15, -0.1) is 0 Å². The van der Waals surface area contributed by atoms with E-state index in [0.29, 0.717) is 41.8 Å². The highest BCUT2D eigenvalue weighted by Gasteiger charge is 2.24. The fourth-order valence-corrected chi connectivity index (χ4v) is 3.36. The van der Waals surface area contributed by atoms with Gasteiger partial charge in [-0.3, -0.25) is 9.59 Å². The molecular weight excluding hydrogens is 390 g/mol. The second-order valence-electron chi connectivity index (χ2n) is 6.16. The first-order valence-electron chi connectivity index (χ1n) is 8.40. The van der Waals surface area contributed by atoms with Gasteiger partial charge in [0.1, 0.15) is 5.82 Å². The molecule has 27 heavy (non-hydrogen) atoms. The molecule has 0 unspecified atom stereocenters. The van der Waals surface area contributed by atoms with Gasteiger partial charge in [0.2, 0.25) is 5.91 Å². The number of benzene rings is 2. The van der Waals surface area contributed by atoms with Crippen molar-refractivity contribution in [2.75, 3.05) is 26.2 Å². The number of amides is 2. The Kier molecular flexibility index (Phi) is 6.14. The zero-order chi connectivity index (χ0) is 19.4. The highest BCUT2D eigenvalue weighted by atomic mass is 35.5. The van der Waals surface area contributed by atoms with Crippen molar-refractivity contribution in [3.05, 3.63) is 75.5 Å². The molecule has 4 nitrogen and oxygen atoms in total. The van der Waals surface area contributed by atoms with Gasteiger partial charge in [-0.1, -0.05) is 35.3 Å². The highest BCUT2D eigenvalue weighted by Crippen LogP contribution is 2.20. The molecule has 0 aromatic heterocycles. The van der Waals surface area contributed by atoms with Crippen LogP contribution in [-0.4, -0.2) is 47.8 Å². The molecule has 2 aromatic rings. The smallest absolute Gasteiger partial charge is 0.254 e. The third-order valence-corrected chi connectivity index (χ3v) is 4.71. The number of rotatable bonds is 3. The Hall–Kier alpha value is -2.37. The maximum Gasteiger partial charge on any atom is 0.254 e. The van der Waals surface area contributed by atoms with Gasteiger partial charge in [-0.25, -0.2) is 4.39 Å². The van der Waals surface area contributed by atoms with Crippen molar-refractivity contribution >= 4 is 41.1 Å². The van der Waals surface area contributed by atoms with E-state index >= 15 is 0 Å². The molecule has 1 heterocycles. The largest absolute Gasteiger partial charge is 0.336 e. The summed E-state index contributed by atoms with van der Waals surface area (Å²) < 4.78 is 12.9. The van der Waals surface area contributed by atoms with Crippen LogP contribution in [-0.2, 0) is 4.79 Å². The van der Waals surface area contributed by atoms with Crippen LogP contribution in [0.5, 0.6) is 0 Å². The van der Waals surface area contributed by atoms with Crippen molar-refractivity contribution in [3.63, 3.8) is 0 Å². The maximum absolute atomic E-state index is 12.9. The van der Waals surface area contributed by atoms with E-state index in [1.54, 1.807) is 46.2 Å². The van der Waals surface area contributed by atoms with E-state index in [9.17, 15) is 14.0 Å². The van der Waals surface area contributed by atoms with Crippen molar-refractivity contribution in [1.29, 1.82) is 0 Å². The second kappa shape index (κ2) is 8.55. The lowest BCUT2D eigenvalue weighted by atomic mass is 10.1. The average molecular weight is 407 g/mol. The van der Waals surface area contributed by atoms with E-state index in [-0.39, 0.29) is 17.6 Å². The lowest BCUT2D eigenvalue weighted by molar-refractivity contribution is -0.127. The first kappa shape index (κ1) is 19.4. The van der Waals surface area contributed by atoms with Crippen molar-refractivity contribution in [2.45, 2.75) is 0 Å². The van der Waals surface area contributed by atoms with Crippen LogP contribution in [0.4, 0.5) is 4.39 Å². The van der Waals surface area contributed by atoms with Crippen molar-refractivity contribution in [2.24, 2.45) is 0 Å². The van der Waals surface area contributed by atoms with E-state index in [2.05, 4.69) is 0 Å². The summed E-state index contributed by atoms with van der Waals surface area (Å²) in [5.41, 5.74) is 1.18. The van der Waals surface area contributed by atoms with Crippen LogP contribution in [0.2, 0.25) is 10.0 Å². The summed E-state index contributed by atoms with van der Waals surface area (Å²) in [6, 6.07) is 10.6. The molecule has 2 amide bonds. The SMILES string of the molecule is O=C(/C=C/c1ccc(F)cc1)N1CCN(C(=O)c2cc(Cl)cc(Cl)c2)CC1. The van der Waals surface area contributed by atoms with Gasteiger partial charge in [0.25, 0.3) is 5.91 Å². The fraction of sp³-hybridized carbons (Fsp3) is 0.200. The Balaban J connectivity index is 1.57. The molecule has 0 aliphatic carbocycles. The van der Waals surface area contributed by atoms with Crippen LogP contribution < -0.4 is 0 Å². The molecular formula is C20H17Cl2FN2O2. The van der Waals surface area contributed by atoms with Gasteiger partial charge in [0, 0.05) is 47.9 Å². The number of nitrogens with zero attached hydrogens (tertiary/aromatic N) is 2. The molecule has 0 saturated carbocycles. The van der Waals surface area contributed by atoms with E-state index in [4.69, 9.17) is 23.2 Å². The maximum atomic E-state index is 12.9. The molecule has 0 radical (unpaired) electrons. The summed E-state index contributed by atoms with van der Waals surface area (Å²) in [5, 5.41) is 0.816. The third kappa shape index (κ3) is 5.08. The first-order chi connectivity index (χ1) is 12.9.